The Hall–Kier alpha value is -1.49. The maximum atomic E-state index is 13.8. The molecular weight excluding hydrogens is 300 g/mol. The molecule has 1 aromatic carbocycles. The normalized spacial score (nSPS) is 37.0. The Kier molecular flexibility index (Phi) is 3.28. The third kappa shape index (κ3) is 2.20. The second-order valence-corrected chi connectivity index (χ2v) is 7.64. The van der Waals surface area contributed by atoms with Gasteiger partial charge >= 0.3 is 0 Å². The predicted octanol–water partition coefficient (Wildman–Crippen LogP) is 3.00. The van der Waals surface area contributed by atoms with Crippen molar-refractivity contribution in [1.82, 2.24) is 5.32 Å². The lowest BCUT2D eigenvalue weighted by molar-refractivity contribution is -0.138. The van der Waals surface area contributed by atoms with E-state index in [-0.39, 0.29) is 35.3 Å². The van der Waals surface area contributed by atoms with Crippen molar-refractivity contribution in [1.29, 1.82) is 0 Å². The molecule has 1 heterocycles. The number of ether oxygens (including phenoxy) is 1. The van der Waals surface area contributed by atoms with Crippen molar-refractivity contribution in [3.63, 3.8) is 0 Å². The third-order valence-corrected chi connectivity index (χ3v) is 5.91. The Morgan fingerprint density at radius 1 is 1.35 bits per heavy atom. The van der Waals surface area contributed by atoms with Crippen LogP contribution in [-0.4, -0.2) is 24.7 Å². The van der Waals surface area contributed by atoms with Gasteiger partial charge in [0.1, 0.15) is 0 Å². The first-order valence-electron chi connectivity index (χ1n) is 8.27. The van der Waals surface area contributed by atoms with Gasteiger partial charge in [-0.1, -0.05) is 26.0 Å². The van der Waals surface area contributed by atoms with Crippen LogP contribution in [0.5, 0.6) is 0 Å². The van der Waals surface area contributed by atoms with E-state index in [0.717, 1.165) is 19.1 Å². The first-order chi connectivity index (χ1) is 10.9. The van der Waals surface area contributed by atoms with Gasteiger partial charge in [-0.2, -0.15) is 0 Å². The van der Waals surface area contributed by atoms with Crippen molar-refractivity contribution in [2.24, 2.45) is 17.3 Å². The van der Waals surface area contributed by atoms with Crippen LogP contribution in [0.25, 0.3) is 0 Å². The minimum Gasteiger partial charge on any atom is -0.377 e. The highest BCUT2D eigenvalue weighted by Crippen LogP contribution is 2.53. The average molecular weight is 321 g/mol. The molecule has 5 heteroatoms. The zero-order valence-corrected chi connectivity index (χ0v) is 13.3. The second-order valence-electron chi connectivity index (χ2n) is 7.64. The molecule has 23 heavy (non-hydrogen) atoms. The van der Waals surface area contributed by atoms with E-state index >= 15 is 0 Å². The van der Waals surface area contributed by atoms with Crippen molar-refractivity contribution in [3.05, 3.63) is 35.4 Å². The van der Waals surface area contributed by atoms with E-state index in [4.69, 9.17) is 4.74 Å². The maximum absolute atomic E-state index is 13.8. The average Bonchev–Trinajstić information content (AvgIpc) is 3.17. The summed E-state index contributed by atoms with van der Waals surface area (Å²) < 4.78 is 32.9. The summed E-state index contributed by atoms with van der Waals surface area (Å²) in [7, 11) is 0. The molecule has 0 bridgehead atoms. The molecule has 3 aliphatic rings. The monoisotopic (exact) mass is 321 g/mol. The van der Waals surface area contributed by atoms with Crippen LogP contribution >= 0.6 is 0 Å². The topological polar surface area (TPSA) is 38.3 Å². The highest BCUT2D eigenvalue weighted by molar-refractivity contribution is 5.83. The smallest absolute Gasteiger partial charge is 0.223 e. The van der Waals surface area contributed by atoms with Crippen LogP contribution in [-0.2, 0) is 9.53 Å². The molecule has 3 nitrogen and oxygen atoms in total. The van der Waals surface area contributed by atoms with Gasteiger partial charge in [-0.25, -0.2) is 8.78 Å². The fraction of sp³-hybridized carbons (Fsp3) is 0.611. The van der Waals surface area contributed by atoms with Gasteiger partial charge in [0.2, 0.25) is 5.91 Å². The Morgan fingerprint density at radius 3 is 2.91 bits per heavy atom. The molecule has 1 saturated heterocycles. The van der Waals surface area contributed by atoms with Crippen molar-refractivity contribution in [2.75, 3.05) is 6.61 Å². The molecule has 1 aliphatic heterocycles. The largest absolute Gasteiger partial charge is 0.377 e. The van der Waals surface area contributed by atoms with Gasteiger partial charge in [0.15, 0.2) is 11.6 Å². The van der Waals surface area contributed by atoms with E-state index < -0.39 is 11.6 Å². The highest BCUT2D eigenvalue weighted by Gasteiger charge is 2.60. The number of hydrogen-bond donors (Lipinski definition) is 1. The number of carbonyl (C=O) groups excluding carboxylic acids is 1. The number of nitrogens with one attached hydrogen (secondary N) is 1. The van der Waals surface area contributed by atoms with Gasteiger partial charge in [-0.05, 0) is 30.4 Å². The van der Waals surface area contributed by atoms with Crippen LogP contribution in [0, 0.1) is 28.9 Å². The number of halogens is 2. The summed E-state index contributed by atoms with van der Waals surface area (Å²) >= 11 is 0. The summed E-state index contributed by atoms with van der Waals surface area (Å²) in [6, 6.07) is 4.29. The van der Waals surface area contributed by atoms with Gasteiger partial charge in [-0.3, -0.25) is 4.79 Å². The Labute approximate surface area is 134 Å². The maximum Gasteiger partial charge on any atom is 0.223 e. The molecule has 3 fully saturated rings. The molecular formula is C18H21F2NO2. The van der Waals surface area contributed by atoms with E-state index in [1.165, 1.54) is 6.07 Å². The lowest BCUT2D eigenvalue weighted by Crippen LogP contribution is -2.66. The number of rotatable bonds is 3. The summed E-state index contributed by atoms with van der Waals surface area (Å²) in [5.74, 6) is -1.77. The van der Waals surface area contributed by atoms with Crippen molar-refractivity contribution in [3.8, 4) is 0 Å². The fourth-order valence-electron chi connectivity index (χ4n) is 4.51. The van der Waals surface area contributed by atoms with Gasteiger partial charge in [0.05, 0.1) is 6.10 Å². The van der Waals surface area contributed by atoms with Crippen molar-refractivity contribution < 1.29 is 18.3 Å². The molecule has 4 rings (SSSR count). The van der Waals surface area contributed by atoms with Gasteiger partial charge in [-0.15, -0.1) is 0 Å². The minimum atomic E-state index is -0.848. The van der Waals surface area contributed by atoms with Gasteiger partial charge < -0.3 is 10.1 Å². The van der Waals surface area contributed by atoms with Gasteiger partial charge in [0.25, 0.3) is 0 Å². The van der Waals surface area contributed by atoms with Crippen LogP contribution in [0.15, 0.2) is 18.2 Å². The number of carbonyl (C=O) groups is 1. The summed E-state index contributed by atoms with van der Waals surface area (Å²) in [4.78, 5) is 12.5. The lowest BCUT2D eigenvalue weighted by atomic mass is 9.57. The Bertz CT molecular complexity index is 660. The fourth-order valence-corrected chi connectivity index (χ4v) is 4.51. The number of hydrogen-bond acceptors (Lipinski definition) is 2. The first kappa shape index (κ1) is 15.1. The van der Waals surface area contributed by atoms with E-state index in [1.807, 2.05) is 0 Å². The van der Waals surface area contributed by atoms with Crippen molar-refractivity contribution >= 4 is 5.91 Å². The summed E-state index contributed by atoms with van der Waals surface area (Å²) in [6.07, 6.45) is 1.79. The molecule has 2 saturated carbocycles. The van der Waals surface area contributed by atoms with Crippen molar-refractivity contribution in [2.45, 2.75) is 44.8 Å². The third-order valence-electron chi connectivity index (χ3n) is 5.91. The van der Waals surface area contributed by atoms with E-state index in [9.17, 15) is 13.6 Å². The first-order valence-corrected chi connectivity index (χ1v) is 8.27. The molecule has 124 valence electrons. The Morgan fingerprint density at radius 2 is 2.13 bits per heavy atom. The highest BCUT2D eigenvalue weighted by atomic mass is 19.2. The van der Waals surface area contributed by atoms with Crippen LogP contribution in [0.2, 0.25) is 0 Å². The van der Waals surface area contributed by atoms with Gasteiger partial charge in [0, 0.05) is 29.9 Å². The molecule has 1 amide bonds. The lowest BCUT2D eigenvalue weighted by Gasteiger charge is -2.54. The van der Waals surface area contributed by atoms with Crippen LogP contribution in [0.3, 0.4) is 0 Å². The van der Waals surface area contributed by atoms with Crippen LogP contribution in [0.4, 0.5) is 8.78 Å². The molecule has 1 aromatic rings. The second kappa shape index (κ2) is 5.00. The molecule has 2 aliphatic carbocycles. The molecule has 1 N–H and O–H groups in total. The minimum absolute atomic E-state index is 0.0397. The number of fused-ring (bicyclic) bond motifs is 1. The van der Waals surface area contributed by atoms with E-state index in [1.54, 1.807) is 6.07 Å². The van der Waals surface area contributed by atoms with Crippen LogP contribution < -0.4 is 5.32 Å². The SMILES string of the molecule is CC1(C)[C@H](NC(=O)[C@@H]2C[C@@H]2c2cccc(F)c2F)[C@@H]2CCO[C@H]21. The zero-order valence-electron chi connectivity index (χ0n) is 13.3. The summed E-state index contributed by atoms with van der Waals surface area (Å²) in [5, 5.41) is 3.14. The number of amides is 1. The quantitative estimate of drug-likeness (QED) is 0.929. The Balaban J connectivity index is 1.43. The zero-order chi connectivity index (χ0) is 16.4. The summed E-state index contributed by atoms with van der Waals surface area (Å²) in [5.41, 5.74) is 0.255. The molecule has 0 radical (unpaired) electrons. The van der Waals surface area contributed by atoms with E-state index in [2.05, 4.69) is 19.2 Å². The molecule has 5 atom stereocenters. The number of benzene rings is 1. The molecule has 0 unspecified atom stereocenters. The van der Waals surface area contributed by atoms with Crippen LogP contribution in [0.1, 0.15) is 38.2 Å². The molecule has 0 aromatic heterocycles. The predicted molar refractivity (Wildman–Crippen MR) is 80.8 cm³/mol. The van der Waals surface area contributed by atoms with E-state index in [0.29, 0.717) is 17.9 Å². The molecule has 0 spiro atoms. The summed E-state index contributed by atoms with van der Waals surface area (Å²) in [6.45, 7) is 4.98. The standard InChI is InChI=1S/C18H21F2NO2/c1-18(2)15(10-6-7-23-16(10)18)21-17(22)12-8-11(12)9-4-3-5-13(19)14(9)20/h3-5,10-12,15-16H,6-8H2,1-2H3,(H,21,22)/t10-,11+,12+,15+,16+/m0/s1.